The van der Waals surface area contributed by atoms with Gasteiger partial charge < -0.3 is 20.7 Å². The van der Waals surface area contributed by atoms with Gasteiger partial charge in [-0.2, -0.15) is 0 Å². The van der Waals surface area contributed by atoms with Gasteiger partial charge in [-0.1, -0.05) is 26.7 Å². The molecule has 3 N–H and O–H groups in total. The summed E-state index contributed by atoms with van der Waals surface area (Å²) in [5.41, 5.74) is 0.510. The lowest BCUT2D eigenvalue weighted by molar-refractivity contribution is 0.0523. The molecule has 1 rings (SSSR count). The Kier molecular flexibility index (Phi) is 10.1. The average molecular weight is 398 g/mol. The molecule has 0 aliphatic rings. The Balaban J connectivity index is 2.54. The van der Waals surface area contributed by atoms with Crippen LogP contribution in [-0.2, 0) is 17.7 Å². The molecule has 0 aliphatic carbocycles. The third-order valence-corrected chi connectivity index (χ3v) is 4.74. The second-order valence-corrected chi connectivity index (χ2v) is 8.32. The minimum Gasteiger partial charge on any atom is -0.444 e. The highest BCUT2D eigenvalue weighted by atomic mass is 32.1. The maximum absolute atomic E-state index is 11.9. The number of hydrogen-bond donors (Lipinski definition) is 3. The van der Waals surface area contributed by atoms with Crippen LogP contribution in [0.4, 0.5) is 4.79 Å². The molecule has 0 saturated heterocycles. The molecule has 1 aromatic rings. The first-order chi connectivity index (χ1) is 12.8. The van der Waals surface area contributed by atoms with Crippen molar-refractivity contribution in [1.82, 2.24) is 20.9 Å². The third-order valence-electron chi connectivity index (χ3n) is 3.70. The Morgan fingerprint density at radius 3 is 2.63 bits per heavy atom. The van der Waals surface area contributed by atoms with Gasteiger partial charge in [-0.3, -0.25) is 4.99 Å². The van der Waals surface area contributed by atoms with E-state index in [9.17, 15) is 4.79 Å². The van der Waals surface area contributed by atoms with Crippen molar-refractivity contribution in [3.05, 3.63) is 16.1 Å². The molecule has 0 spiro atoms. The Morgan fingerprint density at radius 1 is 1.33 bits per heavy atom. The normalized spacial score (nSPS) is 13.2. The molecule has 1 unspecified atom stereocenters. The van der Waals surface area contributed by atoms with Crippen LogP contribution in [0, 0.1) is 0 Å². The Bertz CT molecular complexity index is 595. The van der Waals surface area contributed by atoms with Gasteiger partial charge in [0.2, 0.25) is 0 Å². The number of carbonyl (C=O) groups is 1. The molecule has 154 valence electrons. The number of aliphatic imine (C=N–C) groups is 1. The van der Waals surface area contributed by atoms with E-state index in [-0.39, 0.29) is 6.04 Å². The number of guanidine groups is 1. The topological polar surface area (TPSA) is 87.6 Å². The summed E-state index contributed by atoms with van der Waals surface area (Å²) >= 11 is 1.68. The third kappa shape index (κ3) is 10.2. The van der Waals surface area contributed by atoms with Crippen LogP contribution in [0.5, 0.6) is 0 Å². The molecule has 1 atom stereocenters. The SMILES string of the molecule is CCCCC(CNC(=O)OC(C)(C)C)NC(=NC)NCc1csc(CC)n1. The van der Waals surface area contributed by atoms with E-state index in [4.69, 9.17) is 4.74 Å². The van der Waals surface area contributed by atoms with E-state index in [1.54, 1.807) is 18.4 Å². The van der Waals surface area contributed by atoms with Crippen molar-refractivity contribution < 1.29 is 9.53 Å². The maximum Gasteiger partial charge on any atom is 0.407 e. The molecule has 0 bridgehead atoms. The van der Waals surface area contributed by atoms with Crippen molar-refractivity contribution in [3.63, 3.8) is 0 Å². The van der Waals surface area contributed by atoms with Crippen LogP contribution in [0.3, 0.4) is 0 Å². The lowest BCUT2D eigenvalue weighted by atomic mass is 10.1. The zero-order valence-electron chi connectivity index (χ0n) is 17.5. The molecular formula is C19H35N5O2S. The summed E-state index contributed by atoms with van der Waals surface area (Å²) in [6.07, 6.45) is 3.64. The largest absolute Gasteiger partial charge is 0.444 e. The number of hydrogen-bond acceptors (Lipinski definition) is 5. The summed E-state index contributed by atoms with van der Waals surface area (Å²) in [5.74, 6) is 0.702. The van der Waals surface area contributed by atoms with Crippen molar-refractivity contribution in [3.8, 4) is 0 Å². The highest BCUT2D eigenvalue weighted by Crippen LogP contribution is 2.10. The first-order valence-corrected chi connectivity index (χ1v) is 10.5. The fourth-order valence-corrected chi connectivity index (χ4v) is 3.10. The van der Waals surface area contributed by atoms with Gasteiger partial charge in [-0.15, -0.1) is 11.3 Å². The molecule has 1 heterocycles. The van der Waals surface area contributed by atoms with Gasteiger partial charge in [0.1, 0.15) is 5.60 Å². The number of amides is 1. The van der Waals surface area contributed by atoms with E-state index in [2.05, 4.69) is 45.2 Å². The van der Waals surface area contributed by atoms with Crippen molar-refractivity contribution in [2.75, 3.05) is 13.6 Å². The maximum atomic E-state index is 11.9. The summed E-state index contributed by atoms with van der Waals surface area (Å²) in [4.78, 5) is 20.8. The van der Waals surface area contributed by atoms with Gasteiger partial charge in [0.15, 0.2) is 5.96 Å². The van der Waals surface area contributed by atoms with Crippen molar-refractivity contribution in [2.24, 2.45) is 4.99 Å². The Hall–Kier alpha value is -1.83. The van der Waals surface area contributed by atoms with Crippen molar-refractivity contribution in [2.45, 2.75) is 78.5 Å². The minimum absolute atomic E-state index is 0.0744. The number of aryl methyl sites for hydroxylation is 1. The monoisotopic (exact) mass is 397 g/mol. The lowest BCUT2D eigenvalue weighted by Crippen LogP contribution is -2.48. The first kappa shape index (κ1) is 23.2. The minimum atomic E-state index is -0.501. The second kappa shape index (κ2) is 11.8. The quantitative estimate of drug-likeness (QED) is 0.439. The summed E-state index contributed by atoms with van der Waals surface area (Å²) < 4.78 is 5.31. The van der Waals surface area contributed by atoms with Crippen LogP contribution in [0.2, 0.25) is 0 Å². The van der Waals surface area contributed by atoms with Crippen LogP contribution in [0.1, 0.15) is 64.6 Å². The van der Waals surface area contributed by atoms with E-state index in [1.807, 2.05) is 20.8 Å². The molecule has 7 nitrogen and oxygen atoms in total. The molecule has 27 heavy (non-hydrogen) atoms. The fourth-order valence-electron chi connectivity index (χ4n) is 2.35. The number of rotatable bonds is 9. The molecule has 0 saturated carbocycles. The highest BCUT2D eigenvalue weighted by Gasteiger charge is 2.18. The predicted molar refractivity (Wildman–Crippen MR) is 112 cm³/mol. The summed E-state index contributed by atoms with van der Waals surface area (Å²) in [7, 11) is 1.74. The zero-order chi connectivity index (χ0) is 20.3. The highest BCUT2D eigenvalue weighted by molar-refractivity contribution is 7.09. The van der Waals surface area contributed by atoms with E-state index < -0.39 is 11.7 Å². The van der Waals surface area contributed by atoms with Gasteiger partial charge in [0.25, 0.3) is 0 Å². The lowest BCUT2D eigenvalue weighted by Gasteiger charge is -2.24. The first-order valence-electron chi connectivity index (χ1n) is 9.64. The van der Waals surface area contributed by atoms with Gasteiger partial charge in [-0.05, 0) is 33.6 Å². The Morgan fingerprint density at radius 2 is 2.07 bits per heavy atom. The van der Waals surface area contributed by atoms with Crippen LogP contribution >= 0.6 is 11.3 Å². The van der Waals surface area contributed by atoms with Crippen LogP contribution in [-0.4, -0.2) is 42.3 Å². The van der Waals surface area contributed by atoms with E-state index in [0.717, 1.165) is 36.4 Å². The van der Waals surface area contributed by atoms with Crippen LogP contribution in [0.25, 0.3) is 0 Å². The second-order valence-electron chi connectivity index (χ2n) is 7.38. The molecule has 0 fully saturated rings. The summed E-state index contributed by atoms with van der Waals surface area (Å²) in [5, 5.41) is 12.7. The molecule has 8 heteroatoms. The Labute approximate surface area is 167 Å². The van der Waals surface area contributed by atoms with Crippen LogP contribution < -0.4 is 16.0 Å². The van der Waals surface area contributed by atoms with E-state index in [0.29, 0.717) is 19.0 Å². The molecule has 0 aromatic carbocycles. The molecular weight excluding hydrogens is 362 g/mol. The van der Waals surface area contributed by atoms with E-state index >= 15 is 0 Å². The molecule has 0 aliphatic heterocycles. The number of carbonyl (C=O) groups excluding carboxylic acids is 1. The van der Waals surface area contributed by atoms with Gasteiger partial charge >= 0.3 is 6.09 Å². The van der Waals surface area contributed by atoms with Gasteiger partial charge in [0.05, 0.1) is 17.2 Å². The standard InChI is InChI=1S/C19H35N5O2S/c1-7-9-10-14(11-22-18(25)26-19(3,4)5)24-17(20-6)21-12-15-13-27-16(8-2)23-15/h13-14H,7-12H2,1-6H3,(H,22,25)(H2,20,21,24). The number of aromatic nitrogens is 1. The molecule has 0 radical (unpaired) electrons. The average Bonchev–Trinajstić information content (AvgIpc) is 3.07. The zero-order valence-corrected chi connectivity index (χ0v) is 18.3. The smallest absolute Gasteiger partial charge is 0.407 e. The number of ether oxygens (including phenoxy) is 1. The number of unbranched alkanes of at least 4 members (excludes halogenated alkanes) is 1. The number of thiazole rings is 1. The number of alkyl carbamates (subject to hydrolysis) is 1. The summed E-state index contributed by atoms with van der Waals surface area (Å²) in [6, 6.07) is 0.0744. The van der Waals surface area contributed by atoms with Crippen LogP contribution in [0.15, 0.2) is 10.4 Å². The number of nitrogens with one attached hydrogen (secondary N) is 3. The van der Waals surface area contributed by atoms with Crippen molar-refractivity contribution >= 4 is 23.4 Å². The molecule has 1 amide bonds. The fraction of sp³-hybridized carbons (Fsp3) is 0.737. The predicted octanol–water partition coefficient (Wildman–Crippen LogP) is 3.45. The summed E-state index contributed by atoms with van der Waals surface area (Å²) in [6.45, 7) is 10.9. The van der Waals surface area contributed by atoms with Crippen molar-refractivity contribution in [1.29, 1.82) is 0 Å². The van der Waals surface area contributed by atoms with Gasteiger partial charge in [0, 0.05) is 25.0 Å². The number of nitrogens with zero attached hydrogens (tertiary/aromatic N) is 2. The molecule has 1 aromatic heterocycles. The van der Waals surface area contributed by atoms with E-state index in [1.165, 1.54) is 0 Å². The van der Waals surface area contributed by atoms with Gasteiger partial charge in [-0.25, -0.2) is 9.78 Å².